The predicted octanol–water partition coefficient (Wildman–Crippen LogP) is 0.578. The minimum atomic E-state index is 0.295. The maximum Gasteiger partial charge on any atom is 0.0362 e. The Morgan fingerprint density at radius 3 is 2.32 bits per heavy atom. The highest BCUT2D eigenvalue weighted by molar-refractivity contribution is 5.06. The van der Waals surface area contributed by atoms with Gasteiger partial charge in [0.15, 0.2) is 0 Å². The molecule has 110 valence electrons. The van der Waals surface area contributed by atoms with Crippen LogP contribution in [0.15, 0.2) is 0 Å². The largest absolute Gasteiger partial charge is 0.329 e. The van der Waals surface area contributed by atoms with Gasteiger partial charge < -0.3 is 15.5 Å². The summed E-state index contributed by atoms with van der Waals surface area (Å²) in [6.07, 6.45) is 6.65. The summed E-state index contributed by atoms with van der Waals surface area (Å²) in [6, 6.07) is 1.56. The summed E-state index contributed by atoms with van der Waals surface area (Å²) >= 11 is 0. The van der Waals surface area contributed by atoms with E-state index in [2.05, 4.69) is 28.8 Å². The lowest BCUT2D eigenvalue weighted by molar-refractivity contribution is 0.00339. The summed E-state index contributed by atoms with van der Waals surface area (Å²) in [6.45, 7) is 5.73. The minimum Gasteiger partial charge on any atom is -0.329 e. The van der Waals surface area contributed by atoms with E-state index in [4.69, 9.17) is 5.73 Å². The molecule has 0 aliphatic carbocycles. The summed E-state index contributed by atoms with van der Waals surface area (Å²) in [5, 5.41) is 0. The van der Waals surface area contributed by atoms with Crippen molar-refractivity contribution < 1.29 is 0 Å². The Labute approximate surface area is 117 Å². The van der Waals surface area contributed by atoms with Crippen LogP contribution in [0, 0.1) is 0 Å². The summed E-state index contributed by atoms with van der Waals surface area (Å²) in [5.41, 5.74) is 6.57. The standard InChI is InChI=1S/C15H30N4/c1-17-6-3-7-19(9-8-17)15(12-16)10-13-4-5-14(11-15)18(13)2/h13-14H,3-12,16H2,1-2H3. The molecule has 2 atom stereocenters. The molecule has 4 nitrogen and oxygen atoms in total. The first-order chi connectivity index (χ1) is 9.14. The van der Waals surface area contributed by atoms with Crippen LogP contribution in [-0.2, 0) is 0 Å². The monoisotopic (exact) mass is 266 g/mol. The van der Waals surface area contributed by atoms with E-state index in [0.717, 1.165) is 18.6 Å². The second-order valence-corrected chi connectivity index (χ2v) is 7.03. The van der Waals surface area contributed by atoms with Crippen molar-refractivity contribution >= 4 is 0 Å². The number of hydrogen-bond donors (Lipinski definition) is 1. The van der Waals surface area contributed by atoms with E-state index in [0.29, 0.717) is 5.54 Å². The van der Waals surface area contributed by atoms with Gasteiger partial charge in [-0.2, -0.15) is 0 Å². The van der Waals surface area contributed by atoms with E-state index >= 15 is 0 Å². The number of hydrogen-bond acceptors (Lipinski definition) is 4. The SMILES string of the molecule is CN1CCCN(C2(CN)CC3CCC(C2)N3C)CC1. The molecule has 4 heteroatoms. The van der Waals surface area contributed by atoms with Crippen molar-refractivity contribution in [2.24, 2.45) is 5.73 Å². The first-order valence-corrected chi connectivity index (χ1v) is 8.00. The van der Waals surface area contributed by atoms with Crippen LogP contribution in [0.1, 0.15) is 32.1 Å². The normalized spacial score (nSPS) is 42.5. The molecule has 0 spiro atoms. The molecular weight excluding hydrogens is 236 g/mol. The van der Waals surface area contributed by atoms with Crippen molar-refractivity contribution in [2.75, 3.05) is 46.8 Å². The second kappa shape index (κ2) is 5.32. The zero-order chi connectivity index (χ0) is 13.5. The molecule has 0 saturated carbocycles. The molecule has 0 radical (unpaired) electrons. The molecule has 3 fully saturated rings. The number of likely N-dealkylation sites (N-methyl/N-ethyl adjacent to an activating group) is 1. The Morgan fingerprint density at radius 1 is 1.00 bits per heavy atom. The average molecular weight is 266 g/mol. The second-order valence-electron chi connectivity index (χ2n) is 7.03. The molecule has 0 aromatic rings. The molecule has 2 bridgehead atoms. The molecule has 3 aliphatic heterocycles. The molecule has 0 amide bonds. The zero-order valence-electron chi connectivity index (χ0n) is 12.6. The summed E-state index contributed by atoms with van der Waals surface area (Å²) in [5.74, 6) is 0. The van der Waals surface area contributed by atoms with E-state index in [9.17, 15) is 0 Å². The van der Waals surface area contributed by atoms with Gasteiger partial charge in [-0.1, -0.05) is 0 Å². The van der Waals surface area contributed by atoms with Crippen molar-refractivity contribution in [3.8, 4) is 0 Å². The van der Waals surface area contributed by atoms with Gasteiger partial charge in [0.2, 0.25) is 0 Å². The van der Waals surface area contributed by atoms with Gasteiger partial charge in [-0.3, -0.25) is 4.90 Å². The van der Waals surface area contributed by atoms with Crippen molar-refractivity contribution in [1.82, 2.24) is 14.7 Å². The number of fused-ring (bicyclic) bond motifs is 2. The molecular formula is C15H30N4. The highest BCUT2D eigenvalue weighted by atomic mass is 15.3. The van der Waals surface area contributed by atoms with Crippen molar-refractivity contribution in [3.05, 3.63) is 0 Å². The Kier molecular flexibility index (Phi) is 3.87. The van der Waals surface area contributed by atoms with Crippen molar-refractivity contribution in [2.45, 2.75) is 49.7 Å². The number of nitrogens with two attached hydrogens (primary N) is 1. The molecule has 19 heavy (non-hydrogen) atoms. The third kappa shape index (κ3) is 2.44. The first-order valence-electron chi connectivity index (χ1n) is 8.00. The zero-order valence-corrected chi connectivity index (χ0v) is 12.6. The number of nitrogens with zero attached hydrogens (tertiary/aromatic N) is 3. The van der Waals surface area contributed by atoms with E-state index in [1.165, 1.54) is 58.3 Å². The first kappa shape index (κ1) is 13.8. The van der Waals surface area contributed by atoms with Crippen LogP contribution in [-0.4, -0.2) is 79.1 Å². The molecule has 3 aliphatic rings. The van der Waals surface area contributed by atoms with Gasteiger partial charge in [-0.25, -0.2) is 0 Å². The van der Waals surface area contributed by atoms with Gasteiger partial charge in [0.1, 0.15) is 0 Å². The van der Waals surface area contributed by atoms with Crippen LogP contribution in [0.5, 0.6) is 0 Å². The highest BCUT2D eigenvalue weighted by Gasteiger charge is 2.48. The van der Waals surface area contributed by atoms with Crippen LogP contribution in [0.25, 0.3) is 0 Å². The van der Waals surface area contributed by atoms with Gasteiger partial charge in [0.05, 0.1) is 0 Å². The third-order valence-electron chi connectivity index (χ3n) is 5.99. The van der Waals surface area contributed by atoms with E-state index in [-0.39, 0.29) is 0 Å². The molecule has 2 N–H and O–H groups in total. The maximum absolute atomic E-state index is 6.28. The van der Waals surface area contributed by atoms with Gasteiger partial charge >= 0.3 is 0 Å². The Hall–Kier alpha value is -0.160. The Bertz CT molecular complexity index is 305. The fraction of sp³-hybridized carbons (Fsp3) is 1.00. The topological polar surface area (TPSA) is 35.7 Å². The number of rotatable bonds is 2. The molecule has 0 aromatic carbocycles. The molecule has 0 aromatic heterocycles. The Morgan fingerprint density at radius 2 is 1.68 bits per heavy atom. The average Bonchev–Trinajstić information content (AvgIpc) is 2.65. The molecule has 3 saturated heterocycles. The van der Waals surface area contributed by atoms with Crippen LogP contribution in [0.3, 0.4) is 0 Å². The van der Waals surface area contributed by atoms with Gasteiger partial charge in [-0.05, 0) is 52.7 Å². The van der Waals surface area contributed by atoms with Gasteiger partial charge in [-0.15, -0.1) is 0 Å². The highest BCUT2D eigenvalue weighted by Crippen LogP contribution is 2.42. The third-order valence-corrected chi connectivity index (χ3v) is 5.99. The van der Waals surface area contributed by atoms with Crippen LogP contribution >= 0.6 is 0 Å². The fourth-order valence-electron chi connectivity index (χ4n) is 4.62. The van der Waals surface area contributed by atoms with E-state index in [1.807, 2.05) is 0 Å². The molecule has 3 rings (SSSR count). The van der Waals surface area contributed by atoms with Crippen LogP contribution < -0.4 is 5.73 Å². The Balaban J connectivity index is 1.76. The van der Waals surface area contributed by atoms with E-state index in [1.54, 1.807) is 0 Å². The lowest BCUT2D eigenvalue weighted by Crippen LogP contribution is -2.62. The fourth-order valence-corrected chi connectivity index (χ4v) is 4.62. The summed E-state index contributed by atoms with van der Waals surface area (Å²) in [7, 11) is 4.57. The molecule has 3 heterocycles. The van der Waals surface area contributed by atoms with Gasteiger partial charge in [0.25, 0.3) is 0 Å². The predicted molar refractivity (Wildman–Crippen MR) is 79.3 cm³/mol. The summed E-state index contributed by atoms with van der Waals surface area (Å²) < 4.78 is 0. The molecule has 2 unspecified atom stereocenters. The van der Waals surface area contributed by atoms with E-state index < -0.39 is 0 Å². The smallest absolute Gasteiger partial charge is 0.0362 e. The van der Waals surface area contributed by atoms with Crippen LogP contribution in [0.4, 0.5) is 0 Å². The van der Waals surface area contributed by atoms with Crippen molar-refractivity contribution in [1.29, 1.82) is 0 Å². The minimum absolute atomic E-state index is 0.295. The quantitative estimate of drug-likeness (QED) is 0.793. The number of piperidine rings is 1. The summed E-state index contributed by atoms with van der Waals surface area (Å²) in [4.78, 5) is 7.83. The maximum atomic E-state index is 6.28. The van der Waals surface area contributed by atoms with Crippen LogP contribution in [0.2, 0.25) is 0 Å². The lowest BCUT2D eigenvalue weighted by Gasteiger charge is -2.51. The lowest BCUT2D eigenvalue weighted by atomic mass is 9.81. The van der Waals surface area contributed by atoms with Gasteiger partial charge in [0, 0.05) is 43.8 Å². The van der Waals surface area contributed by atoms with Crippen molar-refractivity contribution in [3.63, 3.8) is 0 Å².